The predicted octanol–water partition coefficient (Wildman–Crippen LogP) is 2.61. The second kappa shape index (κ2) is 6.84. The van der Waals surface area contributed by atoms with Crippen LogP contribution in [0.2, 0.25) is 0 Å². The molecule has 0 fully saturated rings. The molecule has 0 spiro atoms. The second-order valence-electron chi connectivity index (χ2n) is 6.23. The van der Waals surface area contributed by atoms with E-state index in [0.717, 1.165) is 22.5 Å². The van der Waals surface area contributed by atoms with E-state index in [1.807, 2.05) is 60.8 Å². The number of hydrogen-bond acceptors (Lipinski definition) is 3. The highest BCUT2D eigenvalue weighted by Crippen LogP contribution is 2.34. The maximum atomic E-state index is 12.3. The van der Waals surface area contributed by atoms with Gasteiger partial charge in [0.1, 0.15) is 0 Å². The normalized spacial score (nSPS) is 15.4. The van der Waals surface area contributed by atoms with Crippen LogP contribution in [0, 0.1) is 0 Å². The first-order valence-electron chi connectivity index (χ1n) is 8.46. The Kier molecular flexibility index (Phi) is 4.23. The molecule has 0 aliphatic carbocycles. The Bertz CT molecular complexity index is 933. The van der Waals surface area contributed by atoms with Crippen LogP contribution >= 0.6 is 0 Å². The van der Waals surface area contributed by atoms with Crippen LogP contribution < -0.4 is 10.6 Å². The van der Waals surface area contributed by atoms with Crippen molar-refractivity contribution in [2.75, 3.05) is 5.32 Å². The van der Waals surface area contributed by atoms with Crippen LogP contribution in [0.4, 0.5) is 5.69 Å². The van der Waals surface area contributed by atoms with E-state index in [9.17, 15) is 9.59 Å². The van der Waals surface area contributed by atoms with Crippen molar-refractivity contribution in [3.8, 4) is 5.69 Å². The van der Waals surface area contributed by atoms with Crippen molar-refractivity contribution < 1.29 is 9.59 Å². The van der Waals surface area contributed by atoms with E-state index in [1.54, 1.807) is 10.9 Å². The Morgan fingerprint density at radius 2 is 1.92 bits per heavy atom. The van der Waals surface area contributed by atoms with Crippen molar-refractivity contribution in [2.24, 2.45) is 0 Å². The minimum absolute atomic E-state index is 0.120. The molecule has 3 aromatic rings. The molecule has 6 nitrogen and oxygen atoms in total. The second-order valence-corrected chi connectivity index (χ2v) is 6.23. The number of benzene rings is 2. The van der Waals surface area contributed by atoms with Crippen LogP contribution in [-0.2, 0) is 16.1 Å². The van der Waals surface area contributed by atoms with E-state index in [-0.39, 0.29) is 18.2 Å². The van der Waals surface area contributed by atoms with Gasteiger partial charge in [-0.25, -0.2) is 4.68 Å². The van der Waals surface area contributed by atoms with Gasteiger partial charge in [0.05, 0.1) is 11.6 Å². The summed E-state index contributed by atoms with van der Waals surface area (Å²) in [6.45, 7) is 0.425. The van der Waals surface area contributed by atoms with Gasteiger partial charge < -0.3 is 10.6 Å². The van der Waals surface area contributed by atoms with Gasteiger partial charge in [0.2, 0.25) is 11.8 Å². The summed E-state index contributed by atoms with van der Waals surface area (Å²) >= 11 is 0. The monoisotopic (exact) mass is 346 g/mol. The molecule has 2 heterocycles. The van der Waals surface area contributed by atoms with Crippen LogP contribution in [0.5, 0.6) is 0 Å². The van der Waals surface area contributed by atoms with Gasteiger partial charge in [0, 0.05) is 31.0 Å². The zero-order valence-corrected chi connectivity index (χ0v) is 14.1. The van der Waals surface area contributed by atoms with Crippen LogP contribution in [0.25, 0.3) is 5.69 Å². The molecule has 2 aromatic carbocycles. The molecule has 2 amide bonds. The third kappa shape index (κ3) is 3.21. The summed E-state index contributed by atoms with van der Waals surface area (Å²) in [5.41, 5.74) is 3.63. The standard InChI is InChI=1S/C20H18N4O2/c25-19(12-17-16-4-1-2-5-18(16)23-20(17)26)21-13-14-6-8-15(9-7-14)24-11-3-10-22-24/h1-11,17H,12-13H2,(H,21,25)(H,23,26)/t17-/m1/s1. The number of carbonyl (C=O) groups is 2. The van der Waals surface area contributed by atoms with E-state index in [2.05, 4.69) is 15.7 Å². The number of amides is 2. The summed E-state index contributed by atoms with van der Waals surface area (Å²) in [6.07, 6.45) is 3.75. The number of rotatable bonds is 5. The lowest BCUT2D eigenvalue weighted by atomic mass is 9.97. The van der Waals surface area contributed by atoms with Crippen molar-refractivity contribution in [3.63, 3.8) is 0 Å². The number of aromatic nitrogens is 2. The first kappa shape index (κ1) is 16.1. The Morgan fingerprint density at radius 1 is 1.12 bits per heavy atom. The van der Waals surface area contributed by atoms with Gasteiger partial charge in [0.15, 0.2) is 0 Å². The quantitative estimate of drug-likeness (QED) is 0.746. The third-order valence-corrected chi connectivity index (χ3v) is 4.50. The van der Waals surface area contributed by atoms with Gasteiger partial charge in [-0.1, -0.05) is 30.3 Å². The smallest absolute Gasteiger partial charge is 0.232 e. The van der Waals surface area contributed by atoms with Crippen molar-refractivity contribution in [1.29, 1.82) is 0 Å². The maximum absolute atomic E-state index is 12.3. The fourth-order valence-electron chi connectivity index (χ4n) is 3.12. The van der Waals surface area contributed by atoms with Crippen LogP contribution in [0.3, 0.4) is 0 Å². The highest BCUT2D eigenvalue weighted by atomic mass is 16.2. The van der Waals surface area contributed by atoms with Gasteiger partial charge in [-0.05, 0) is 35.4 Å². The first-order valence-corrected chi connectivity index (χ1v) is 8.46. The van der Waals surface area contributed by atoms with Gasteiger partial charge in [-0.3, -0.25) is 9.59 Å². The lowest BCUT2D eigenvalue weighted by molar-refractivity contribution is -0.125. The molecular weight excluding hydrogens is 328 g/mol. The number of fused-ring (bicyclic) bond motifs is 1. The largest absolute Gasteiger partial charge is 0.352 e. The van der Waals surface area contributed by atoms with Gasteiger partial charge in [0.25, 0.3) is 0 Å². The van der Waals surface area contributed by atoms with E-state index in [4.69, 9.17) is 0 Å². The van der Waals surface area contributed by atoms with E-state index in [0.29, 0.717) is 6.54 Å². The lowest BCUT2D eigenvalue weighted by Crippen LogP contribution is -2.26. The molecular formula is C20H18N4O2. The molecule has 1 aliphatic rings. The summed E-state index contributed by atoms with van der Waals surface area (Å²) in [6, 6.07) is 17.2. The lowest BCUT2D eigenvalue weighted by Gasteiger charge is -2.10. The number of hydrogen-bond donors (Lipinski definition) is 2. The van der Waals surface area contributed by atoms with E-state index >= 15 is 0 Å². The first-order chi connectivity index (χ1) is 12.7. The van der Waals surface area contributed by atoms with E-state index < -0.39 is 5.92 Å². The predicted molar refractivity (Wildman–Crippen MR) is 97.8 cm³/mol. The Morgan fingerprint density at radius 3 is 2.69 bits per heavy atom. The van der Waals surface area contributed by atoms with Crippen molar-refractivity contribution >= 4 is 17.5 Å². The number of para-hydroxylation sites is 1. The number of nitrogens with one attached hydrogen (secondary N) is 2. The van der Waals surface area contributed by atoms with Gasteiger partial charge in [-0.15, -0.1) is 0 Å². The molecule has 0 saturated heterocycles. The minimum Gasteiger partial charge on any atom is -0.352 e. The Hall–Kier alpha value is -3.41. The third-order valence-electron chi connectivity index (χ3n) is 4.50. The summed E-state index contributed by atoms with van der Waals surface area (Å²) in [4.78, 5) is 24.4. The molecule has 0 radical (unpaired) electrons. The maximum Gasteiger partial charge on any atom is 0.232 e. The van der Waals surface area contributed by atoms with Crippen molar-refractivity contribution in [2.45, 2.75) is 18.9 Å². The summed E-state index contributed by atoms with van der Waals surface area (Å²) < 4.78 is 1.78. The molecule has 26 heavy (non-hydrogen) atoms. The SMILES string of the molecule is O=C(C[C@H]1C(=O)Nc2ccccc21)NCc1ccc(-n2cccn2)cc1. The number of carbonyl (C=O) groups excluding carboxylic acids is 2. The fraction of sp³-hybridized carbons (Fsp3) is 0.150. The highest BCUT2D eigenvalue weighted by molar-refractivity contribution is 6.04. The fourth-order valence-corrected chi connectivity index (χ4v) is 3.12. The minimum atomic E-state index is -0.423. The summed E-state index contributed by atoms with van der Waals surface area (Å²) in [7, 11) is 0. The summed E-state index contributed by atoms with van der Waals surface area (Å²) in [5, 5.41) is 9.89. The van der Waals surface area contributed by atoms with Crippen LogP contribution in [0.1, 0.15) is 23.5 Å². The molecule has 1 aromatic heterocycles. The van der Waals surface area contributed by atoms with Crippen LogP contribution in [-0.4, -0.2) is 21.6 Å². The Balaban J connectivity index is 1.35. The average molecular weight is 346 g/mol. The van der Waals surface area contributed by atoms with Crippen LogP contribution in [0.15, 0.2) is 67.0 Å². The molecule has 0 unspecified atom stereocenters. The molecule has 0 bridgehead atoms. The van der Waals surface area contributed by atoms with Gasteiger partial charge in [-0.2, -0.15) is 5.10 Å². The van der Waals surface area contributed by atoms with Gasteiger partial charge >= 0.3 is 0 Å². The Labute approximate surface area is 150 Å². The van der Waals surface area contributed by atoms with Crippen molar-refractivity contribution in [3.05, 3.63) is 78.1 Å². The number of nitrogens with zero attached hydrogens (tertiary/aromatic N) is 2. The molecule has 130 valence electrons. The van der Waals surface area contributed by atoms with Crippen molar-refractivity contribution in [1.82, 2.24) is 15.1 Å². The molecule has 4 rings (SSSR count). The molecule has 1 aliphatic heterocycles. The molecule has 6 heteroatoms. The zero-order valence-electron chi connectivity index (χ0n) is 14.1. The topological polar surface area (TPSA) is 76.0 Å². The molecule has 2 N–H and O–H groups in total. The molecule has 0 saturated carbocycles. The van der Waals surface area contributed by atoms with E-state index in [1.165, 1.54) is 0 Å². The summed E-state index contributed by atoms with van der Waals surface area (Å²) in [5.74, 6) is -0.684. The molecule has 1 atom stereocenters. The average Bonchev–Trinajstić information content (AvgIpc) is 3.29. The zero-order chi connectivity index (χ0) is 17.9. The highest BCUT2D eigenvalue weighted by Gasteiger charge is 2.31. The number of anilines is 1.